The summed E-state index contributed by atoms with van der Waals surface area (Å²) in [5.41, 5.74) is 2.78. The maximum atomic E-state index is 14.9. The van der Waals surface area contributed by atoms with Crippen LogP contribution in [0.3, 0.4) is 0 Å². The maximum Gasteiger partial charge on any atom is 0.251 e. The van der Waals surface area contributed by atoms with Gasteiger partial charge in [-0.3, -0.25) is 9.69 Å². The van der Waals surface area contributed by atoms with Crippen LogP contribution in [0.1, 0.15) is 32.8 Å². The van der Waals surface area contributed by atoms with Crippen LogP contribution in [-0.2, 0) is 9.53 Å². The quantitative estimate of drug-likeness (QED) is 0.379. The van der Waals surface area contributed by atoms with Crippen LogP contribution in [0.15, 0.2) is 48.8 Å². The Morgan fingerprint density at radius 1 is 1.13 bits per heavy atom. The first-order valence-corrected chi connectivity index (χ1v) is 15.7. The van der Waals surface area contributed by atoms with Gasteiger partial charge in [-0.25, -0.2) is 14.4 Å². The molecule has 46 heavy (non-hydrogen) atoms. The lowest BCUT2D eigenvalue weighted by atomic mass is 10.0. The summed E-state index contributed by atoms with van der Waals surface area (Å²) in [5, 5.41) is 22.6. The van der Waals surface area contributed by atoms with Gasteiger partial charge < -0.3 is 29.7 Å². The maximum absolute atomic E-state index is 14.9. The molecule has 1 amide bonds. The van der Waals surface area contributed by atoms with Gasteiger partial charge in [-0.15, -0.1) is 0 Å². The molecule has 13 heteroatoms. The SMILES string of the molecule is C[C@H](O)C(=O)N1CC[C@H](Oc2ccc(-c3ncnc(Nc4ccc(N5C[C@@H](C)N(C6COC6)C[C@@H]5C)cc4)n3)cc2C#N)[C@@H](F)C1. The summed E-state index contributed by atoms with van der Waals surface area (Å²) in [7, 11) is 0. The van der Waals surface area contributed by atoms with Crippen molar-refractivity contribution in [1.29, 1.82) is 5.26 Å². The first-order chi connectivity index (χ1) is 22.2. The molecule has 0 spiro atoms. The molecule has 6 rings (SSSR count). The van der Waals surface area contributed by atoms with Crippen LogP contribution < -0.4 is 15.0 Å². The molecule has 242 valence electrons. The largest absolute Gasteiger partial charge is 0.486 e. The highest BCUT2D eigenvalue weighted by Crippen LogP contribution is 2.30. The molecule has 0 saturated carbocycles. The molecule has 12 nitrogen and oxygen atoms in total. The van der Waals surface area contributed by atoms with Crippen molar-refractivity contribution in [2.75, 3.05) is 49.6 Å². The molecule has 0 bridgehead atoms. The first-order valence-electron chi connectivity index (χ1n) is 15.7. The lowest BCUT2D eigenvalue weighted by molar-refractivity contribution is -0.143. The second kappa shape index (κ2) is 13.5. The summed E-state index contributed by atoms with van der Waals surface area (Å²) in [6.45, 7) is 9.59. The summed E-state index contributed by atoms with van der Waals surface area (Å²) >= 11 is 0. The number of likely N-dealkylation sites (tertiary alicyclic amines) is 1. The summed E-state index contributed by atoms with van der Waals surface area (Å²) in [6, 6.07) is 16.6. The third kappa shape index (κ3) is 6.74. The Kier molecular flexibility index (Phi) is 9.30. The number of nitriles is 1. The lowest BCUT2D eigenvalue weighted by Gasteiger charge is -2.50. The Morgan fingerprint density at radius 2 is 1.91 bits per heavy atom. The fourth-order valence-corrected chi connectivity index (χ4v) is 6.30. The van der Waals surface area contributed by atoms with Gasteiger partial charge in [-0.05, 0) is 63.2 Å². The zero-order chi connectivity index (χ0) is 32.4. The number of rotatable bonds is 8. The van der Waals surface area contributed by atoms with Gasteiger partial charge in [-0.1, -0.05) is 0 Å². The van der Waals surface area contributed by atoms with Crippen LogP contribution in [0.5, 0.6) is 5.75 Å². The number of hydrogen-bond donors (Lipinski definition) is 2. The number of aromatic nitrogens is 3. The van der Waals surface area contributed by atoms with E-state index in [9.17, 15) is 19.6 Å². The molecule has 2 aromatic carbocycles. The normalized spacial score (nSPS) is 24.5. The molecule has 0 unspecified atom stereocenters. The molecule has 3 fully saturated rings. The Morgan fingerprint density at radius 3 is 2.59 bits per heavy atom. The number of anilines is 3. The van der Waals surface area contributed by atoms with Gasteiger partial charge in [0, 0.05) is 55.1 Å². The van der Waals surface area contributed by atoms with Crippen LogP contribution in [0.2, 0.25) is 0 Å². The number of carbonyl (C=O) groups is 1. The van der Waals surface area contributed by atoms with E-state index in [1.54, 1.807) is 18.2 Å². The van der Waals surface area contributed by atoms with Gasteiger partial charge in [0.1, 0.15) is 30.4 Å². The number of halogens is 1. The number of nitrogens with zero attached hydrogens (tertiary/aromatic N) is 7. The molecule has 0 aliphatic carbocycles. The van der Waals surface area contributed by atoms with Crippen molar-refractivity contribution in [1.82, 2.24) is 24.8 Å². The van der Waals surface area contributed by atoms with Crippen LogP contribution in [0.4, 0.5) is 21.7 Å². The molecular weight excluding hydrogens is 591 g/mol. The zero-order valence-corrected chi connectivity index (χ0v) is 26.2. The summed E-state index contributed by atoms with van der Waals surface area (Å²) in [4.78, 5) is 31.5. The highest BCUT2D eigenvalue weighted by atomic mass is 19.1. The number of aliphatic hydroxyl groups excluding tert-OH is 1. The summed E-state index contributed by atoms with van der Waals surface area (Å²) < 4.78 is 26.2. The van der Waals surface area contributed by atoms with E-state index in [1.807, 2.05) is 12.1 Å². The van der Waals surface area contributed by atoms with Crippen LogP contribution in [0, 0.1) is 11.3 Å². The predicted molar refractivity (Wildman–Crippen MR) is 169 cm³/mol. The molecule has 1 aromatic heterocycles. The molecule has 3 aliphatic heterocycles. The van der Waals surface area contributed by atoms with E-state index in [-0.39, 0.29) is 30.8 Å². The van der Waals surface area contributed by atoms with Crippen LogP contribution in [-0.4, -0.2) is 112 Å². The highest BCUT2D eigenvalue weighted by molar-refractivity contribution is 5.80. The average Bonchev–Trinajstić information content (AvgIpc) is 3.03. The second-order valence-corrected chi connectivity index (χ2v) is 12.3. The molecule has 4 heterocycles. The highest BCUT2D eigenvalue weighted by Gasteiger charge is 2.37. The number of aliphatic hydroxyl groups is 1. The Labute approximate surface area is 267 Å². The van der Waals surface area contributed by atoms with Crippen molar-refractivity contribution in [3.8, 4) is 23.2 Å². The van der Waals surface area contributed by atoms with Gasteiger partial charge in [0.05, 0.1) is 31.4 Å². The van der Waals surface area contributed by atoms with E-state index >= 15 is 0 Å². The number of amides is 1. The minimum atomic E-state index is -1.46. The number of carbonyl (C=O) groups excluding carboxylic acids is 1. The van der Waals surface area contributed by atoms with E-state index in [4.69, 9.17) is 9.47 Å². The third-order valence-corrected chi connectivity index (χ3v) is 8.94. The van der Waals surface area contributed by atoms with E-state index in [0.717, 1.165) is 37.7 Å². The predicted octanol–water partition coefficient (Wildman–Crippen LogP) is 3.15. The second-order valence-electron chi connectivity index (χ2n) is 12.3. The fourth-order valence-electron chi connectivity index (χ4n) is 6.30. The molecule has 3 saturated heterocycles. The van der Waals surface area contributed by atoms with Crippen molar-refractivity contribution < 1.29 is 23.8 Å². The number of hydrogen-bond acceptors (Lipinski definition) is 11. The summed E-state index contributed by atoms with van der Waals surface area (Å²) in [6.07, 6.45) is -1.83. The monoisotopic (exact) mass is 630 g/mol. The number of benzene rings is 2. The van der Waals surface area contributed by atoms with Crippen molar-refractivity contribution in [3.05, 3.63) is 54.4 Å². The smallest absolute Gasteiger partial charge is 0.251 e. The molecule has 5 atom stereocenters. The minimum absolute atomic E-state index is 0.177. The first kappa shape index (κ1) is 31.6. The van der Waals surface area contributed by atoms with Gasteiger partial charge in [-0.2, -0.15) is 10.2 Å². The number of piperidine rings is 1. The molecule has 2 N–H and O–H groups in total. The van der Waals surface area contributed by atoms with Gasteiger partial charge >= 0.3 is 0 Å². The molecule has 0 radical (unpaired) electrons. The van der Waals surface area contributed by atoms with Crippen molar-refractivity contribution in [2.45, 2.75) is 63.7 Å². The van der Waals surface area contributed by atoms with Crippen LogP contribution >= 0.6 is 0 Å². The standard InChI is InChI=1S/C33H39FN8O4/c1-20-15-42(27-17-45-18-27)21(2)14-41(20)26-7-5-25(6-8-26)38-33-37-19-36-31(39-33)23-4-9-29(24(12-23)13-35)46-30-10-11-40(16-28(30)34)32(44)22(3)43/h4-9,12,19-22,27-28,30,43H,10-11,14-18H2,1-3H3,(H,36,37,38,39)/t20-,21+,22-,28-,30-/m0/s1. The van der Waals surface area contributed by atoms with E-state index in [0.29, 0.717) is 35.5 Å². The number of nitrogens with one attached hydrogen (secondary N) is 1. The number of alkyl halides is 1. The molecule has 3 aromatic rings. The summed E-state index contributed by atoms with van der Waals surface area (Å²) in [5.74, 6) is 0.445. The topological polar surface area (TPSA) is 140 Å². The average molecular weight is 631 g/mol. The van der Waals surface area contributed by atoms with E-state index in [1.165, 1.54) is 18.2 Å². The Hall–Kier alpha value is -4.38. The zero-order valence-electron chi connectivity index (χ0n) is 26.2. The molecule has 3 aliphatic rings. The van der Waals surface area contributed by atoms with Crippen molar-refractivity contribution in [3.63, 3.8) is 0 Å². The Balaban J connectivity index is 1.09. The van der Waals surface area contributed by atoms with Gasteiger partial charge in [0.25, 0.3) is 5.91 Å². The molecular formula is C33H39FN8O4. The number of piperazine rings is 1. The number of ether oxygens (including phenoxy) is 2. The lowest BCUT2D eigenvalue weighted by Crippen LogP contribution is -2.63. The van der Waals surface area contributed by atoms with Gasteiger partial charge in [0.2, 0.25) is 5.95 Å². The van der Waals surface area contributed by atoms with E-state index < -0.39 is 24.3 Å². The third-order valence-electron chi connectivity index (χ3n) is 8.94. The fraction of sp³-hybridized carbons (Fsp3) is 0.485. The minimum Gasteiger partial charge on any atom is -0.486 e. The van der Waals surface area contributed by atoms with Crippen molar-refractivity contribution in [2.24, 2.45) is 0 Å². The Bertz CT molecular complexity index is 1580. The van der Waals surface area contributed by atoms with Gasteiger partial charge in [0.15, 0.2) is 12.0 Å². The van der Waals surface area contributed by atoms with Crippen molar-refractivity contribution >= 4 is 23.2 Å². The van der Waals surface area contributed by atoms with Crippen LogP contribution in [0.25, 0.3) is 11.4 Å². The van der Waals surface area contributed by atoms with E-state index in [2.05, 4.69) is 62.1 Å².